The molecule has 2 saturated carbocycles. The lowest BCUT2D eigenvalue weighted by Gasteiger charge is -2.45. The van der Waals surface area contributed by atoms with Crippen molar-refractivity contribution in [2.45, 2.75) is 82.3 Å². The zero-order valence-electron chi connectivity index (χ0n) is 15.0. The summed E-state index contributed by atoms with van der Waals surface area (Å²) in [5.74, 6) is 0.150. The van der Waals surface area contributed by atoms with E-state index < -0.39 is 0 Å². The molecule has 0 spiro atoms. The summed E-state index contributed by atoms with van der Waals surface area (Å²) >= 11 is 0. The normalized spacial score (nSPS) is 21.6. The van der Waals surface area contributed by atoms with Crippen molar-refractivity contribution in [3.05, 3.63) is 35.9 Å². The first-order valence-electron chi connectivity index (χ1n) is 9.85. The molecule has 0 aliphatic heterocycles. The van der Waals surface area contributed by atoms with Gasteiger partial charge < -0.3 is 5.32 Å². The van der Waals surface area contributed by atoms with Crippen LogP contribution in [0.3, 0.4) is 0 Å². The number of rotatable bonds is 5. The van der Waals surface area contributed by atoms with Gasteiger partial charge in [0.2, 0.25) is 5.91 Å². The fourth-order valence-corrected chi connectivity index (χ4v) is 4.71. The number of nitrogens with one attached hydrogen (secondary N) is 1. The molecule has 2 aliphatic rings. The first-order valence-corrected chi connectivity index (χ1v) is 9.85. The third-order valence-corrected chi connectivity index (χ3v) is 5.90. The van der Waals surface area contributed by atoms with Gasteiger partial charge in [0.05, 0.1) is 0 Å². The molecule has 0 bridgehead atoms. The third-order valence-electron chi connectivity index (χ3n) is 5.90. The smallest absolute Gasteiger partial charge is 0.241 e. The molecule has 1 unspecified atom stereocenters. The minimum atomic E-state index is -0.137. The highest BCUT2D eigenvalue weighted by Crippen LogP contribution is 2.36. The van der Waals surface area contributed by atoms with Gasteiger partial charge >= 0.3 is 0 Å². The summed E-state index contributed by atoms with van der Waals surface area (Å²) in [6.07, 6.45) is 12.9. The van der Waals surface area contributed by atoms with E-state index in [1.165, 1.54) is 64.2 Å². The molecule has 0 heterocycles. The Morgan fingerprint density at radius 3 is 1.88 bits per heavy atom. The number of amides is 1. The van der Waals surface area contributed by atoms with Crippen LogP contribution in [0, 0.1) is 0 Å². The topological polar surface area (TPSA) is 32.3 Å². The van der Waals surface area contributed by atoms with Crippen LogP contribution in [0.4, 0.5) is 0 Å². The lowest BCUT2D eigenvalue weighted by molar-refractivity contribution is -0.129. The average Bonchev–Trinajstić information content (AvgIpc) is 2.67. The predicted octanol–water partition coefficient (Wildman–Crippen LogP) is 4.44. The minimum absolute atomic E-state index is 0.137. The number of hydrogen-bond donors (Lipinski definition) is 1. The average molecular weight is 329 g/mol. The van der Waals surface area contributed by atoms with E-state index >= 15 is 0 Å². The molecule has 1 amide bonds. The van der Waals surface area contributed by atoms with Gasteiger partial charge in [0.1, 0.15) is 6.04 Å². The molecule has 132 valence electrons. The molecule has 1 aromatic rings. The molecule has 0 aromatic heterocycles. The first kappa shape index (κ1) is 17.5. The molecule has 1 atom stereocenters. The Hall–Kier alpha value is -1.35. The van der Waals surface area contributed by atoms with Crippen LogP contribution in [0.25, 0.3) is 0 Å². The Balaban J connectivity index is 1.93. The molecule has 2 fully saturated rings. The molecule has 1 N–H and O–H groups in total. The summed E-state index contributed by atoms with van der Waals surface area (Å²) in [7, 11) is 1.78. The van der Waals surface area contributed by atoms with Crippen LogP contribution in [0.5, 0.6) is 0 Å². The van der Waals surface area contributed by atoms with Crippen LogP contribution in [0.2, 0.25) is 0 Å². The van der Waals surface area contributed by atoms with Gasteiger partial charge in [0, 0.05) is 19.1 Å². The minimum Gasteiger partial charge on any atom is -0.358 e. The Labute approximate surface area is 146 Å². The fraction of sp³-hybridized carbons (Fsp3) is 0.667. The Kier molecular flexibility index (Phi) is 6.30. The Morgan fingerprint density at radius 1 is 0.917 bits per heavy atom. The Bertz CT molecular complexity index is 486. The summed E-state index contributed by atoms with van der Waals surface area (Å²) in [4.78, 5) is 15.5. The Morgan fingerprint density at radius 2 is 1.42 bits per heavy atom. The van der Waals surface area contributed by atoms with Gasteiger partial charge in [-0.05, 0) is 31.2 Å². The molecule has 3 heteroatoms. The molecule has 3 nitrogen and oxygen atoms in total. The van der Waals surface area contributed by atoms with E-state index in [1.54, 1.807) is 7.05 Å². The second-order valence-corrected chi connectivity index (χ2v) is 7.46. The maximum Gasteiger partial charge on any atom is 0.241 e. The number of carbonyl (C=O) groups is 1. The molecular formula is C21H32N2O. The van der Waals surface area contributed by atoms with Gasteiger partial charge in [-0.1, -0.05) is 68.9 Å². The van der Waals surface area contributed by atoms with Crippen LogP contribution >= 0.6 is 0 Å². The number of carbonyl (C=O) groups excluding carboxylic acids is 1. The van der Waals surface area contributed by atoms with Crippen LogP contribution in [0.1, 0.15) is 75.8 Å². The van der Waals surface area contributed by atoms with Crippen LogP contribution in [-0.4, -0.2) is 29.9 Å². The van der Waals surface area contributed by atoms with E-state index in [0.717, 1.165) is 5.56 Å². The second kappa shape index (κ2) is 8.66. The second-order valence-electron chi connectivity index (χ2n) is 7.46. The van der Waals surface area contributed by atoms with Gasteiger partial charge in [-0.15, -0.1) is 0 Å². The largest absolute Gasteiger partial charge is 0.358 e. The van der Waals surface area contributed by atoms with Crippen molar-refractivity contribution in [3.63, 3.8) is 0 Å². The van der Waals surface area contributed by atoms with Crippen LogP contribution in [-0.2, 0) is 4.79 Å². The summed E-state index contributed by atoms with van der Waals surface area (Å²) in [5.41, 5.74) is 1.15. The van der Waals surface area contributed by atoms with E-state index in [2.05, 4.69) is 34.5 Å². The third kappa shape index (κ3) is 4.00. The van der Waals surface area contributed by atoms with Gasteiger partial charge in [0.15, 0.2) is 0 Å². The molecule has 3 rings (SSSR count). The maximum absolute atomic E-state index is 12.9. The zero-order chi connectivity index (χ0) is 16.8. The van der Waals surface area contributed by atoms with Crippen LogP contribution in [0.15, 0.2) is 30.3 Å². The lowest BCUT2D eigenvalue weighted by atomic mass is 9.86. The van der Waals surface area contributed by atoms with Gasteiger partial charge in [-0.3, -0.25) is 9.69 Å². The van der Waals surface area contributed by atoms with E-state index in [4.69, 9.17) is 0 Å². The van der Waals surface area contributed by atoms with Gasteiger partial charge in [-0.25, -0.2) is 0 Å². The van der Waals surface area contributed by atoms with E-state index in [9.17, 15) is 4.79 Å². The number of hydrogen-bond acceptors (Lipinski definition) is 2. The van der Waals surface area contributed by atoms with Gasteiger partial charge in [-0.2, -0.15) is 0 Å². The van der Waals surface area contributed by atoms with Crippen molar-refractivity contribution in [2.24, 2.45) is 0 Å². The van der Waals surface area contributed by atoms with E-state index in [-0.39, 0.29) is 11.9 Å². The standard InChI is InChI=1S/C21H32N2O/c1-22-21(24)20(17-11-5-2-6-12-17)23(18-13-7-3-8-14-18)19-15-9-4-10-16-19/h2,5-6,11-12,18-20H,3-4,7-10,13-16H2,1H3,(H,22,24). The SMILES string of the molecule is CNC(=O)C(c1ccccc1)N(C1CCCCC1)C1CCCCC1. The van der Waals surface area contributed by atoms with Crippen molar-refractivity contribution in [1.82, 2.24) is 10.2 Å². The molecule has 0 saturated heterocycles. The lowest BCUT2D eigenvalue weighted by Crippen LogP contribution is -2.51. The fourth-order valence-electron chi connectivity index (χ4n) is 4.71. The maximum atomic E-state index is 12.9. The highest BCUT2D eigenvalue weighted by atomic mass is 16.2. The van der Waals surface area contributed by atoms with Crippen molar-refractivity contribution in [1.29, 1.82) is 0 Å². The number of nitrogens with zero attached hydrogens (tertiary/aromatic N) is 1. The quantitative estimate of drug-likeness (QED) is 0.866. The molecule has 2 aliphatic carbocycles. The van der Waals surface area contributed by atoms with E-state index in [1.807, 2.05) is 6.07 Å². The predicted molar refractivity (Wildman–Crippen MR) is 98.8 cm³/mol. The van der Waals surface area contributed by atoms with Crippen molar-refractivity contribution < 1.29 is 4.79 Å². The summed E-state index contributed by atoms with van der Waals surface area (Å²) in [5, 5.41) is 2.94. The summed E-state index contributed by atoms with van der Waals surface area (Å²) < 4.78 is 0. The first-order chi connectivity index (χ1) is 11.8. The molecule has 1 aromatic carbocycles. The highest BCUT2D eigenvalue weighted by molar-refractivity contribution is 5.83. The van der Waals surface area contributed by atoms with Crippen molar-refractivity contribution in [2.75, 3.05) is 7.05 Å². The van der Waals surface area contributed by atoms with Crippen molar-refractivity contribution >= 4 is 5.91 Å². The molecule has 24 heavy (non-hydrogen) atoms. The monoisotopic (exact) mass is 328 g/mol. The molecule has 0 radical (unpaired) electrons. The van der Waals surface area contributed by atoms with E-state index in [0.29, 0.717) is 12.1 Å². The summed E-state index contributed by atoms with van der Waals surface area (Å²) in [6.45, 7) is 0. The molecular weight excluding hydrogens is 296 g/mol. The summed E-state index contributed by atoms with van der Waals surface area (Å²) in [6, 6.07) is 11.4. The number of benzene rings is 1. The van der Waals surface area contributed by atoms with Crippen LogP contribution < -0.4 is 5.32 Å². The zero-order valence-corrected chi connectivity index (χ0v) is 15.0. The highest BCUT2D eigenvalue weighted by Gasteiger charge is 2.37. The van der Waals surface area contributed by atoms with Gasteiger partial charge in [0.25, 0.3) is 0 Å². The van der Waals surface area contributed by atoms with Crippen molar-refractivity contribution in [3.8, 4) is 0 Å². The number of likely N-dealkylation sites (N-methyl/N-ethyl adjacent to an activating group) is 1.